The number of amides is 1. The number of nitrogens with one attached hydrogen (secondary N) is 1. The van der Waals surface area contributed by atoms with Crippen LogP contribution in [0, 0.1) is 5.92 Å². The number of nitrogens with zero attached hydrogens (tertiary/aromatic N) is 2. The minimum atomic E-state index is -4.11. The van der Waals surface area contributed by atoms with Gasteiger partial charge in [-0.25, -0.2) is 4.98 Å². The number of carbonyl (C=O) groups is 1. The molecule has 168 valence electrons. The predicted molar refractivity (Wildman–Crippen MR) is 116 cm³/mol. The lowest BCUT2D eigenvalue weighted by Gasteiger charge is -2.33. The monoisotopic (exact) mass is 443 g/mol. The van der Waals surface area contributed by atoms with E-state index < -0.39 is 12.1 Å². The molecule has 0 atom stereocenters. The quantitative estimate of drug-likeness (QED) is 0.592. The number of likely N-dealkylation sites (tertiary alicyclic amines) is 1. The first-order valence-electron chi connectivity index (χ1n) is 10.5. The Labute approximate surface area is 184 Å². The standard InChI is InChI=1S/C24H24F3N3O2/c1-28-23(31)16-7-9-22(29-14-16)32-21-8-6-17(19-4-2-3-5-20(19)21)15-30-12-10-18(11-13-30)24(25,26)27/h2-9,14,18H,10-13,15H2,1H3,(H,28,31). The van der Waals surface area contributed by atoms with Crippen molar-refractivity contribution < 1.29 is 22.7 Å². The second-order valence-electron chi connectivity index (χ2n) is 7.93. The van der Waals surface area contributed by atoms with E-state index in [1.165, 1.54) is 6.20 Å². The molecule has 1 aromatic heterocycles. The van der Waals surface area contributed by atoms with E-state index in [0.717, 1.165) is 16.3 Å². The number of piperidine rings is 1. The first-order chi connectivity index (χ1) is 15.3. The molecule has 1 aliphatic heterocycles. The molecule has 1 N–H and O–H groups in total. The number of carbonyl (C=O) groups excluding carboxylic acids is 1. The van der Waals surface area contributed by atoms with Crippen LogP contribution >= 0.6 is 0 Å². The van der Waals surface area contributed by atoms with Crippen LogP contribution in [-0.2, 0) is 6.54 Å². The van der Waals surface area contributed by atoms with E-state index in [1.54, 1.807) is 19.2 Å². The number of halogens is 3. The lowest BCUT2D eigenvalue weighted by molar-refractivity contribution is -0.185. The molecule has 0 bridgehead atoms. The van der Waals surface area contributed by atoms with Crippen molar-refractivity contribution in [3.8, 4) is 11.6 Å². The molecular weight excluding hydrogens is 419 g/mol. The zero-order valence-electron chi connectivity index (χ0n) is 17.7. The fourth-order valence-electron chi connectivity index (χ4n) is 4.05. The van der Waals surface area contributed by atoms with Gasteiger partial charge in [-0.1, -0.05) is 30.3 Å². The van der Waals surface area contributed by atoms with E-state index in [-0.39, 0.29) is 18.7 Å². The maximum atomic E-state index is 12.9. The average Bonchev–Trinajstić information content (AvgIpc) is 2.80. The summed E-state index contributed by atoms with van der Waals surface area (Å²) in [6, 6.07) is 14.9. The molecule has 4 rings (SSSR count). The molecular formula is C24H24F3N3O2. The van der Waals surface area contributed by atoms with Gasteiger partial charge in [0.25, 0.3) is 5.91 Å². The Bertz CT molecular complexity index is 1090. The maximum absolute atomic E-state index is 12.9. The van der Waals surface area contributed by atoms with Crippen LogP contribution in [0.1, 0.15) is 28.8 Å². The molecule has 0 unspecified atom stereocenters. The highest BCUT2D eigenvalue weighted by Gasteiger charge is 2.41. The van der Waals surface area contributed by atoms with Crippen LogP contribution in [0.5, 0.6) is 11.6 Å². The number of fused-ring (bicyclic) bond motifs is 1. The zero-order valence-corrected chi connectivity index (χ0v) is 17.7. The SMILES string of the molecule is CNC(=O)c1ccc(Oc2ccc(CN3CCC(C(F)(F)F)CC3)c3ccccc23)nc1. The first-order valence-corrected chi connectivity index (χ1v) is 10.5. The Balaban J connectivity index is 1.51. The molecule has 0 spiro atoms. The molecule has 1 saturated heterocycles. The van der Waals surface area contributed by atoms with E-state index in [4.69, 9.17) is 4.74 Å². The van der Waals surface area contributed by atoms with Gasteiger partial charge in [-0.3, -0.25) is 9.69 Å². The van der Waals surface area contributed by atoms with Crippen LogP contribution in [0.25, 0.3) is 10.8 Å². The third kappa shape index (κ3) is 4.85. The summed E-state index contributed by atoms with van der Waals surface area (Å²) in [5.41, 5.74) is 1.48. The number of ether oxygens (including phenoxy) is 1. The summed E-state index contributed by atoms with van der Waals surface area (Å²) in [6.45, 7) is 1.45. The molecule has 0 aliphatic carbocycles. The van der Waals surface area contributed by atoms with Gasteiger partial charge in [-0.2, -0.15) is 13.2 Å². The maximum Gasteiger partial charge on any atom is 0.391 e. The Morgan fingerprint density at radius 1 is 1.09 bits per heavy atom. The van der Waals surface area contributed by atoms with Crippen molar-refractivity contribution >= 4 is 16.7 Å². The molecule has 32 heavy (non-hydrogen) atoms. The Kier molecular flexibility index (Phi) is 6.32. The van der Waals surface area contributed by atoms with E-state index in [0.29, 0.717) is 36.8 Å². The number of hydrogen-bond acceptors (Lipinski definition) is 4. The first kappa shape index (κ1) is 22.1. The van der Waals surface area contributed by atoms with Crippen LogP contribution in [0.15, 0.2) is 54.7 Å². The Morgan fingerprint density at radius 3 is 2.44 bits per heavy atom. The fourth-order valence-corrected chi connectivity index (χ4v) is 4.05. The van der Waals surface area contributed by atoms with Crippen LogP contribution in [0.4, 0.5) is 13.2 Å². The Hall–Kier alpha value is -3.13. The highest BCUT2D eigenvalue weighted by Crippen LogP contribution is 2.36. The topological polar surface area (TPSA) is 54.5 Å². The van der Waals surface area contributed by atoms with Crippen LogP contribution < -0.4 is 10.1 Å². The number of hydrogen-bond donors (Lipinski definition) is 1. The summed E-state index contributed by atoms with van der Waals surface area (Å²) in [5.74, 6) is -0.434. The van der Waals surface area contributed by atoms with Crippen molar-refractivity contribution in [2.75, 3.05) is 20.1 Å². The van der Waals surface area contributed by atoms with Gasteiger partial charge in [0.2, 0.25) is 5.88 Å². The molecule has 2 aromatic carbocycles. The number of alkyl halides is 3. The summed E-state index contributed by atoms with van der Waals surface area (Å²) < 4.78 is 44.8. The summed E-state index contributed by atoms with van der Waals surface area (Å²) in [5, 5.41) is 4.43. The minimum Gasteiger partial charge on any atom is -0.438 e. The third-order valence-electron chi connectivity index (χ3n) is 5.86. The van der Waals surface area contributed by atoms with Crippen LogP contribution in [-0.4, -0.2) is 42.1 Å². The Morgan fingerprint density at radius 2 is 1.81 bits per heavy atom. The molecule has 3 aromatic rings. The van der Waals surface area contributed by atoms with E-state index in [9.17, 15) is 18.0 Å². The largest absolute Gasteiger partial charge is 0.438 e. The molecule has 1 aliphatic rings. The molecule has 2 heterocycles. The van der Waals surface area contributed by atoms with E-state index in [1.807, 2.05) is 36.4 Å². The van der Waals surface area contributed by atoms with Crippen molar-refractivity contribution in [2.45, 2.75) is 25.6 Å². The normalized spacial score (nSPS) is 15.6. The van der Waals surface area contributed by atoms with Gasteiger partial charge in [0, 0.05) is 31.2 Å². The summed E-state index contributed by atoms with van der Waals surface area (Å²) in [7, 11) is 1.55. The van der Waals surface area contributed by atoms with Crippen molar-refractivity contribution in [3.05, 3.63) is 65.9 Å². The predicted octanol–water partition coefficient (Wildman–Crippen LogP) is 5.16. The van der Waals surface area contributed by atoms with Crippen LogP contribution in [0.3, 0.4) is 0 Å². The highest BCUT2D eigenvalue weighted by molar-refractivity contribution is 5.93. The summed E-state index contributed by atoms with van der Waals surface area (Å²) >= 11 is 0. The smallest absolute Gasteiger partial charge is 0.391 e. The minimum absolute atomic E-state index is 0.139. The van der Waals surface area contributed by atoms with Crippen molar-refractivity contribution in [3.63, 3.8) is 0 Å². The average molecular weight is 443 g/mol. The number of benzene rings is 2. The number of pyridine rings is 1. The van der Waals surface area contributed by atoms with Gasteiger partial charge in [-0.15, -0.1) is 0 Å². The second-order valence-corrected chi connectivity index (χ2v) is 7.93. The molecule has 1 fully saturated rings. The van der Waals surface area contributed by atoms with Gasteiger partial charge in [0.05, 0.1) is 11.5 Å². The molecule has 1 amide bonds. The fraction of sp³-hybridized carbons (Fsp3) is 0.333. The van der Waals surface area contributed by atoms with Crippen molar-refractivity contribution in [2.24, 2.45) is 5.92 Å². The van der Waals surface area contributed by atoms with Crippen molar-refractivity contribution in [1.82, 2.24) is 15.2 Å². The second kappa shape index (κ2) is 9.16. The van der Waals surface area contributed by atoms with Crippen LogP contribution in [0.2, 0.25) is 0 Å². The lowest BCUT2D eigenvalue weighted by Crippen LogP contribution is -2.38. The molecule has 0 radical (unpaired) electrons. The van der Waals surface area contributed by atoms with E-state index in [2.05, 4.69) is 15.2 Å². The van der Waals surface area contributed by atoms with Gasteiger partial charge in [0.1, 0.15) is 5.75 Å². The number of rotatable bonds is 5. The molecule has 5 nitrogen and oxygen atoms in total. The van der Waals surface area contributed by atoms with Gasteiger partial charge in [-0.05, 0) is 49.0 Å². The zero-order chi connectivity index (χ0) is 22.7. The summed E-state index contributed by atoms with van der Waals surface area (Å²) in [6.07, 6.45) is -2.37. The third-order valence-corrected chi connectivity index (χ3v) is 5.86. The highest BCUT2D eigenvalue weighted by atomic mass is 19.4. The number of aromatic nitrogens is 1. The van der Waals surface area contributed by atoms with Crippen molar-refractivity contribution in [1.29, 1.82) is 0 Å². The molecule has 8 heteroatoms. The summed E-state index contributed by atoms with van der Waals surface area (Å²) in [4.78, 5) is 18.0. The van der Waals surface area contributed by atoms with Gasteiger partial charge < -0.3 is 10.1 Å². The van der Waals surface area contributed by atoms with Gasteiger partial charge >= 0.3 is 6.18 Å². The molecule has 0 saturated carbocycles. The van der Waals surface area contributed by atoms with Gasteiger partial charge in [0.15, 0.2) is 0 Å². The lowest BCUT2D eigenvalue weighted by atomic mass is 9.95. The van der Waals surface area contributed by atoms with E-state index >= 15 is 0 Å².